The van der Waals surface area contributed by atoms with Crippen molar-refractivity contribution in [3.8, 4) is 0 Å². The molecule has 20 heavy (non-hydrogen) atoms. The Hall–Kier alpha value is -1.95. The maximum absolute atomic E-state index is 12.2. The predicted octanol–water partition coefficient (Wildman–Crippen LogP) is 1.78. The molecule has 0 radical (unpaired) electrons. The second-order valence-corrected chi connectivity index (χ2v) is 6.10. The minimum absolute atomic E-state index is 0.205. The molecule has 0 aliphatic rings. The van der Waals surface area contributed by atoms with Crippen LogP contribution < -0.4 is 0 Å². The number of carboxylic acids is 1. The number of hydrogen-bond acceptors (Lipinski definition) is 3. The molecule has 1 heterocycles. The van der Waals surface area contributed by atoms with Gasteiger partial charge in [0.2, 0.25) is 0 Å². The number of carboxylic acid groups (broad SMARTS) is 1. The molecule has 0 amide bonds. The van der Waals surface area contributed by atoms with E-state index in [0.717, 1.165) is 5.69 Å². The Balaban J connectivity index is 2.12. The Morgan fingerprint density at radius 1 is 1.40 bits per heavy atom. The molecule has 0 fully saturated rings. The number of nitrogens with zero attached hydrogens (tertiary/aromatic N) is 2. The molecule has 1 unspecified atom stereocenters. The molecule has 0 aliphatic heterocycles. The van der Waals surface area contributed by atoms with Crippen LogP contribution in [0.2, 0.25) is 0 Å². The number of aromatic carboxylic acids is 1. The molecule has 0 spiro atoms. The van der Waals surface area contributed by atoms with Gasteiger partial charge in [0, 0.05) is 36.0 Å². The third-order valence-electron chi connectivity index (χ3n) is 3.17. The first-order valence-corrected chi connectivity index (χ1v) is 7.50. The van der Waals surface area contributed by atoms with Crippen LogP contribution in [0.4, 0.5) is 0 Å². The number of aromatic nitrogens is 2. The van der Waals surface area contributed by atoms with Gasteiger partial charge < -0.3 is 5.11 Å². The van der Waals surface area contributed by atoms with Gasteiger partial charge >= 0.3 is 5.97 Å². The van der Waals surface area contributed by atoms with Gasteiger partial charge in [0.1, 0.15) is 0 Å². The van der Waals surface area contributed by atoms with E-state index >= 15 is 0 Å². The molecule has 2 aromatic rings. The summed E-state index contributed by atoms with van der Waals surface area (Å²) < 4.78 is 14.0. The average molecular weight is 292 g/mol. The third kappa shape index (κ3) is 3.14. The summed E-state index contributed by atoms with van der Waals surface area (Å²) in [6, 6.07) is 6.80. The summed E-state index contributed by atoms with van der Waals surface area (Å²) in [5, 5.41) is 13.1. The number of aryl methyl sites for hydroxylation is 3. The quantitative estimate of drug-likeness (QED) is 0.911. The van der Waals surface area contributed by atoms with Crippen molar-refractivity contribution in [2.75, 3.05) is 5.75 Å². The molecule has 6 heteroatoms. The second-order valence-electron chi connectivity index (χ2n) is 4.53. The van der Waals surface area contributed by atoms with Crippen LogP contribution in [-0.2, 0) is 24.3 Å². The van der Waals surface area contributed by atoms with Crippen molar-refractivity contribution in [3.63, 3.8) is 0 Å². The van der Waals surface area contributed by atoms with Crippen molar-refractivity contribution in [3.05, 3.63) is 47.3 Å². The second kappa shape index (κ2) is 6.00. The lowest BCUT2D eigenvalue weighted by molar-refractivity contribution is 0.0696. The van der Waals surface area contributed by atoms with E-state index in [0.29, 0.717) is 22.6 Å². The standard InChI is InChI=1S/C14H16N2O3S/c1-10-3-4-12(9-13(10)14(17)18)20(19)8-6-11-5-7-15-16(11)2/h3-5,7,9H,6,8H2,1-2H3,(H,17,18). The van der Waals surface area contributed by atoms with Crippen molar-refractivity contribution >= 4 is 16.8 Å². The first-order chi connectivity index (χ1) is 9.49. The molecular formula is C14H16N2O3S. The van der Waals surface area contributed by atoms with E-state index in [4.69, 9.17) is 5.11 Å². The van der Waals surface area contributed by atoms with Crippen LogP contribution in [0.1, 0.15) is 21.6 Å². The molecule has 0 saturated carbocycles. The fraction of sp³-hybridized carbons (Fsp3) is 0.286. The van der Waals surface area contributed by atoms with Gasteiger partial charge in [-0.25, -0.2) is 4.79 Å². The van der Waals surface area contributed by atoms with Crippen LogP contribution in [0.25, 0.3) is 0 Å². The van der Waals surface area contributed by atoms with Gasteiger partial charge in [-0.2, -0.15) is 5.10 Å². The van der Waals surface area contributed by atoms with Gasteiger partial charge in [0.15, 0.2) is 0 Å². The monoisotopic (exact) mass is 292 g/mol. The maximum Gasteiger partial charge on any atom is 0.335 e. The van der Waals surface area contributed by atoms with E-state index in [9.17, 15) is 9.00 Å². The number of rotatable bonds is 5. The summed E-state index contributed by atoms with van der Waals surface area (Å²) in [5.41, 5.74) is 1.88. The normalized spacial score (nSPS) is 12.3. The van der Waals surface area contributed by atoms with Crippen molar-refractivity contribution < 1.29 is 14.1 Å². The van der Waals surface area contributed by atoms with E-state index < -0.39 is 16.8 Å². The zero-order chi connectivity index (χ0) is 14.7. The SMILES string of the molecule is Cc1ccc(S(=O)CCc2ccnn2C)cc1C(=O)O. The van der Waals surface area contributed by atoms with E-state index in [2.05, 4.69) is 5.10 Å². The minimum atomic E-state index is -1.22. The van der Waals surface area contributed by atoms with Gasteiger partial charge in [0.05, 0.1) is 16.4 Å². The highest BCUT2D eigenvalue weighted by Crippen LogP contribution is 2.15. The fourth-order valence-electron chi connectivity index (χ4n) is 1.93. The molecule has 106 valence electrons. The summed E-state index contributed by atoms with van der Waals surface area (Å²) >= 11 is 0. The first-order valence-electron chi connectivity index (χ1n) is 6.18. The molecule has 5 nitrogen and oxygen atoms in total. The van der Waals surface area contributed by atoms with E-state index in [1.54, 1.807) is 29.9 Å². The summed E-state index contributed by atoms with van der Waals surface area (Å²) in [4.78, 5) is 11.6. The van der Waals surface area contributed by atoms with Crippen molar-refractivity contribution in [1.29, 1.82) is 0 Å². The molecule has 1 aromatic heterocycles. The summed E-state index contributed by atoms with van der Waals surface area (Å²) in [7, 11) is 0.624. The van der Waals surface area contributed by atoms with Crippen LogP contribution >= 0.6 is 0 Å². The van der Waals surface area contributed by atoms with Crippen molar-refractivity contribution in [2.45, 2.75) is 18.2 Å². The highest BCUT2D eigenvalue weighted by Gasteiger charge is 2.12. The summed E-state index contributed by atoms with van der Waals surface area (Å²) in [6.45, 7) is 1.73. The molecule has 0 bridgehead atoms. The van der Waals surface area contributed by atoms with Crippen LogP contribution in [0.3, 0.4) is 0 Å². The Morgan fingerprint density at radius 3 is 2.75 bits per heavy atom. The Kier molecular flexibility index (Phi) is 4.34. The number of benzene rings is 1. The van der Waals surface area contributed by atoms with Gasteiger partial charge in [-0.1, -0.05) is 6.07 Å². The molecule has 2 rings (SSSR count). The van der Waals surface area contributed by atoms with E-state index in [1.165, 1.54) is 6.07 Å². The van der Waals surface area contributed by atoms with Gasteiger partial charge in [-0.05, 0) is 30.7 Å². The Morgan fingerprint density at radius 2 is 2.15 bits per heavy atom. The zero-order valence-electron chi connectivity index (χ0n) is 11.4. The van der Waals surface area contributed by atoms with E-state index in [1.807, 2.05) is 13.1 Å². The molecule has 0 saturated heterocycles. The summed E-state index contributed by atoms with van der Waals surface area (Å²) in [6.07, 6.45) is 2.34. The smallest absolute Gasteiger partial charge is 0.335 e. The zero-order valence-corrected chi connectivity index (χ0v) is 12.2. The highest BCUT2D eigenvalue weighted by molar-refractivity contribution is 7.85. The highest BCUT2D eigenvalue weighted by atomic mass is 32.2. The molecule has 1 N–H and O–H groups in total. The van der Waals surface area contributed by atoms with Crippen LogP contribution in [-0.4, -0.2) is 30.8 Å². The minimum Gasteiger partial charge on any atom is -0.478 e. The van der Waals surface area contributed by atoms with Gasteiger partial charge in [0.25, 0.3) is 0 Å². The fourth-order valence-corrected chi connectivity index (χ4v) is 3.03. The molecular weight excluding hydrogens is 276 g/mol. The largest absolute Gasteiger partial charge is 0.478 e. The Bertz CT molecular complexity index is 664. The van der Waals surface area contributed by atoms with Gasteiger partial charge in [-0.15, -0.1) is 0 Å². The lowest BCUT2D eigenvalue weighted by Crippen LogP contribution is -2.07. The molecule has 0 aliphatic carbocycles. The third-order valence-corrected chi connectivity index (χ3v) is 4.52. The lowest BCUT2D eigenvalue weighted by Gasteiger charge is -2.06. The first kappa shape index (κ1) is 14.5. The topological polar surface area (TPSA) is 72.2 Å². The summed E-state index contributed by atoms with van der Waals surface area (Å²) in [5.74, 6) is -0.547. The van der Waals surface area contributed by atoms with Crippen LogP contribution in [0, 0.1) is 6.92 Å². The predicted molar refractivity (Wildman–Crippen MR) is 76.3 cm³/mol. The van der Waals surface area contributed by atoms with Crippen molar-refractivity contribution in [1.82, 2.24) is 9.78 Å². The Labute approximate surface area is 119 Å². The molecule has 1 atom stereocenters. The van der Waals surface area contributed by atoms with Crippen LogP contribution in [0.5, 0.6) is 0 Å². The maximum atomic E-state index is 12.2. The van der Waals surface area contributed by atoms with Gasteiger partial charge in [-0.3, -0.25) is 8.89 Å². The number of hydrogen-bond donors (Lipinski definition) is 1. The van der Waals surface area contributed by atoms with E-state index in [-0.39, 0.29) is 5.56 Å². The van der Waals surface area contributed by atoms with Crippen molar-refractivity contribution in [2.24, 2.45) is 7.05 Å². The molecule has 1 aromatic carbocycles. The average Bonchev–Trinajstić information content (AvgIpc) is 2.81. The van der Waals surface area contributed by atoms with Crippen LogP contribution in [0.15, 0.2) is 35.4 Å². The number of carbonyl (C=O) groups is 1. The lowest BCUT2D eigenvalue weighted by atomic mass is 10.1.